The first-order valence-electron chi connectivity index (χ1n) is 5.49. The Bertz CT molecular complexity index is 653. The van der Waals surface area contributed by atoms with Gasteiger partial charge in [0.15, 0.2) is 11.6 Å². The van der Waals surface area contributed by atoms with Gasteiger partial charge < -0.3 is 5.11 Å². The molecule has 0 fully saturated rings. The van der Waals surface area contributed by atoms with Gasteiger partial charge in [0.2, 0.25) is 0 Å². The smallest absolute Gasteiger partial charge is 0.309 e. The minimum Gasteiger partial charge on any atom is -0.481 e. The van der Waals surface area contributed by atoms with Gasteiger partial charge in [-0.25, -0.2) is 13.5 Å². The van der Waals surface area contributed by atoms with Crippen molar-refractivity contribution in [3.63, 3.8) is 0 Å². The van der Waals surface area contributed by atoms with Crippen LogP contribution >= 0.6 is 0 Å². The van der Waals surface area contributed by atoms with E-state index in [1.54, 1.807) is 0 Å². The van der Waals surface area contributed by atoms with Crippen LogP contribution in [-0.4, -0.2) is 26.1 Å². The highest BCUT2D eigenvalue weighted by atomic mass is 19.1. The van der Waals surface area contributed by atoms with Crippen LogP contribution in [0.25, 0.3) is 5.69 Å². The van der Waals surface area contributed by atoms with Crippen LogP contribution in [0, 0.1) is 25.5 Å². The van der Waals surface area contributed by atoms with Gasteiger partial charge in [-0.2, -0.15) is 0 Å². The molecule has 0 aliphatic carbocycles. The van der Waals surface area contributed by atoms with Crippen LogP contribution in [0.3, 0.4) is 0 Å². The number of carboxylic acid groups (broad SMARTS) is 1. The zero-order valence-electron chi connectivity index (χ0n) is 10.3. The topological polar surface area (TPSA) is 68.0 Å². The molecule has 5 nitrogen and oxygen atoms in total. The molecule has 0 atom stereocenters. The first kappa shape index (κ1) is 13.1. The lowest BCUT2D eigenvalue weighted by Gasteiger charge is -2.08. The molecule has 19 heavy (non-hydrogen) atoms. The molecule has 100 valence electrons. The van der Waals surface area contributed by atoms with E-state index in [-0.39, 0.29) is 23.4 Å². The molecule has 0 unspecified atom stereocenters. The summed E-state index contributed by atoms with van der Waals surface area (Å²) in [6.07, 6.45) is -0.346. The Hall–Kier alpha value is -2.31. The van der Waals surface area contributed by atoms with E-state index in [4.69, 9.17) is 5.11 Å². The second-order valence-electron chi connectivity index (χ2n) is 4.13. The zero-order valence-corrected chi connectivity index (χ0v) is 10.3. The van der Waals surface area contributed by atoms with Crippen molar-refractivity contribution in [2.45, 2.75) is 20.3 Å². The normalized spacial score (nSPS) is 10.7. The van der Waals surface area contributed by atoms with Crippen LogP contribution in [-0.2, 0) is 11.2 Å². The van der Waals surface area contributed by atoms with E-state index in [9.17, 15) is 13.6 Å². The van der Waals surface area contributed by atoms with Crippen molar-refractivity contribution in [1.82, 2.24) is 15.0 Å². The molecule has 2 aromatic rings. The molecule has 7 heteroatoms. The monoisotopic (exact) mass is 267 g/mol. The molecular formula is C12H11F2N3O2. The average molecular weight is 267 g/mol. The van der Waals surface area contributed by atoms with Crippen LogP contribution in [0.4, 0.5) is 8.78 Å². The molecule has 1 heterocycles. The average Bonchev–Trinajstić information content (AvgIpc) is 2.67. The molecule has 0 aliphatic heterocycles. The van der Waals surface area contributed by atoms with Gasteiger partial charge >= 0.3 is 5.97 Å². The molecule has 1 aromatic carbocycles. The number of benzene rings is 1. The van der Waals surface area contributed by atoms with Crippen LogP contribution in [0.15, 0.2) is 12.1 Å². The number of nitrogens with zero attached hydrogens (tertiary/aromatic N) is 3. The summed E-state index contributed by atoms with van der Waals surface area (Å²) in [5.41, 5.74) is 0.395. The third kappa shape index (κ3) is 2.31. The summed E-state index contributed by atoms with van der Waals surface area (Å²) in [5.74, 6) is -2.60. The van der Waals surface area contributed by atoms with Gasteiger partial charge in [0.1, 0.15) is 5.69 Å². The number of hydrogen-bond acceptors (Lipinski definition) is 3. The summed E-state index contributed by atoms with van der Waals surface area (Å²) < 4.78 is 28.7. The lowest BCUT2D eigenvalue weighted by molar-refractivity contribution is -0.136. The van der Waals surface area contributed by atoms with Crippen molar-refractivity contribution in [2.24, 2.45) is 0 Å². The number of aliphatic carboxylic acids is 1. The number of hydrogen-bond donors (Lipinski definition) is 1. The number of carbonyl (C=O) groups is 1. The maximum absolute atomic E-state index is 14.0. The largest absolute Gasteiger partial charge is 0.481 e. The number of aryl methyl sites for hydroxylation is 1. The molecule has 0 bridgehead atoms. The standard InChI is InChI=1S/C12H11F2N3O2/c1-6-3-4-8(13)12(11(6)14)17-7(2)9(15-16-17)5-10(18)19/h3-4H,5H2,1-2H3,(H,18,19). The summed E-state index contributed by atoms with van der Waals surface area (Å²) in [6.45, 7) is 3.02. The molecule has 1 N–H and O–H groups in total. The number of carboxylic acids is 1. The van der Waals surface area contributed by atoms with Crippen molar-refractivity contribution < 1.29 is 18.7 Å². The Morgan fingerprint density at radius 1 is 1.37 bits per heavy atom. The molecule has 0 spiro atoms. The fraction of sp³-hybridized carbons (Fsp3) is 0.250. The lowest BCUT2D eigenvalue weighted by Crippen LogP contribution is -2.08. The van der Waals surface area contributed by atoms with E-state index in [0.29, 0.717) is 5.69 Å². The summed E-state index contributed by atoms with van der Waals surface area (Å²) in [6, 6.07) is 2.45. The van der Waals surface area contributed by atoms with Crippen LogP contribution in [0.1, 0.15) is 17.0 Å². The van der Waals surface area contributed by atoms with Crippen molar-refractivity contribution in [3.8, 4) is 5.69 Å². The minimum atomic E-state index is -1.08. The Balaban J connectivity index is 2.57. The number of aromatic nitrogens is 3. The van der Waals surface area contributed by atoms with Crippen molar-refractivity contribution in [3.05, 3.63) is 40.7 Å². The van der Waals surface area contributed by atoms with Crippen molar-refractivity contribution >= 4 is 5.97 Å². The number of rotatable bonds is 3. The van der Waals surface area contributed by atoms with Gasteiger partial charge in [-0.15, -0.1) is 5.10 Å². The molecule has 0 aliphatic rings. The summed E-state index contributed by atoms with van der Waals surface area (Å²) in [4.78, 5) is 10.6. The molecule has 2 rings (SSSR count). The third-order valence-corrected chi connectivity index (χ3v) is 2.78. The molecular weight excluding hydrogens is 256 g/mol. The number of halogens is 2. The maximum atomic E-state index is 14.0. The van der Waals surface area contributed by atoms with Gasteiger partial charge in [0.05, 0.1) is 17.8 Å². The predicted molar refractivity (Wildman–Crippen MR) is 62.1 cm³/mol. The van der Waals surface area contributed by atoms with E-state index >= 15 is 0 Å². The molecule has 0 saturated carbocycles. The Morgan fingerprint density at radius 2 is 2.05 bits per heavy atom. The minimum absolute atomic E-state index is 0.174. The fourth-order valence-corrected chi connectivity index (χ4v) is 1.72. The van der Waals surface area contributed by atoms with Gasteiger partial charge in [-0.05, 0) is 25.5 Å². The second-order valence-corrected chi connectivity index (χ2v) is 4.13. The van der Waals surface area contributed by atoms with Crippen LogP contribution in [0.2, 0.25) is 0 Å². The molecule has 0 radical (unpaired) electrons. The van der Waals surface area contributed by atoms with Gasteiger partial charge in [-0.1, -0.05) is 11.3 Å². The Labute approximate surface area is 107 Å². The van der Waals surface area contributed by atoms with Crippen LogP contribution < -0.4 is 0 Å². The SMILES string of the molecule is Cc1ccc(F)c(-n2nnc(CC(=O)O)c2C)c1F. The van der Waals surface area contributed by atoms with E-state index in [2.05, 4.69) is 10.3 Å². The van der Waals surface area contributed by atoms with Gasteiger partial charge in [0, 0.05) is 0 Å². The molecule has 0 saturated heterocycles. The summed E-state index contributed by atoms with van der Waals surface area (Å²) in [5, 5.41) is 16.0. The predicted octanol–water partition coefficient (Wildman–Crippen LogP) is 1.79. The molecule has 0 amide bonds. The maximum Gasteiger partial charge on any atom is 0.309 e. The van der Waals surface area contributed by atoms with Gasteiger partial charge in [0.25, 0.3) is 0 Å². The highest BCUT2D eigenvalue weighted by molar-refractivity contribution is 5.69. The quantitative estimate of drug-likeness (QED) is 0.920. The fourth-order valence-electron chi connectivity index (χ4n) is 1.72. The van der Waals surface area contributed by atoms with E-state index in [1.807, 2.05) is 0 Å². The summed E-state index contributed by atoms with van der Waals surface area (Å²) >= 11 is 0. The zero-order chi connectivity index (χ0) is 14.2. The lowest BCUT2D eigenvalue weighted by atomic mass is 10.2. The third-order valence-electron chi connectivity index (χ3n) is 2.78. The molecule has 1 aromatic heterocycles. The Morgan fingerprint density at radius 3 is 2.68 bits per heavy atom. The highest BCUT2D eigenvalue weighted by Gasteiger charge is 2.19. The van der Waals surface area contributed by atoms with E-state index in [0.717, 1.165) is 10.7 Å². The van der Waals surface area contributed by atoms with Crippen LogP contribution in [0.5, 0.6) is 0 Å². The van der Waals surface area contributed by atoms with Crippen molar-refractivity contribution in [2.75, 3.05) is 0 Å². The first-order chi connectivity index (χ1) is 8.91. The highest BCUT2D eigenvalue weighted by Crippen LogP contribution is 2.22. The summed E-state index contributed by atoms with van der Waals surface area (Å²) in [7, 11) is 0. The van der Waals surface area contributed by atoms with E-state index < -0.39 is 17.6 Å². The van der Waals surface area contributed by atoms with E-state index in [1.165, 1.54) is 19.9 Å². The van der Waals surface area contributed by atoms with Gasteiger partial charge in [-0.3, -0.25) is 4.79 Å². The van der Waals surface area contributed by atoms with Crippen molar-refractivity contribution in [1.29, 1.82) is 0 Å². The first-order valence-corrected chi connectivity index (χ1v) is 5.49. The Kier molecular flexibility index (Phi) is 3.28. The second kappa shape index (κ2) is 4.75.